The molecule has 0 bridgehead atoms. The quantitative estimate of drug-likeness (QED) is 0.609. The minimum absolute atomic E-state index is 0.0654. The largest absolute Gasteiger partial charge is 0.497 e. The minimum Gasteiger partial charge on any atom is -0.497 e. The Morgan fingerprint density at radius 2 is 1.67 bits per heavy atom. The fourth-order valence-electron chi connectivity index (χ4n) is 3.05. The first kappa shape index (κ1) is 24.1. The number of carbonyl (C=O) groups excluding carboxylic acids is 3. The van der Waals surface area contributed by atoms with E-state index in [1.54, 1.807) is 39.6 Å². The number of hydrogen-bond donors (Lipinski definition) is 2. The number of esters is 1. The van der Waals surface area contributed by atoms with Crippen LogP contribution in [0.3, 0.4) is 0 Å². The van der Waals surface area contributed by atoms with Crippen molar-refractivity contribution in [2.24, 2.45) is 0 Å². The molecule has 2 unspecified atom stereocenters. The molecule has 1 fully saturated rings. The fraction of sp³-hybridized carbons (Fsp3) is 0.591. The maximum absolute atomic E-state index is 12.7. The van der Waals surface area contributed by atoms with Crippen molar-refractivity contribution in [3.05, 3.63) is 29.8 Å². The van der Waals surface area contributed by atoms with Gasteiger partial charge in [0.1, 0.15) is 23.4 Å². The first-order valence-corrected chi connectivity index (χ1v) is 11.0. The summed E-state index contributed by atoms with van der Waals surface area (Å²) in [6, 6.07) is 6.36. The topological polar surface area (TPSA) is 93.7 Å². The molecular formula is C22H32N2O5S. The normalized spacial score (nSPS) is 19.7. The highest BCUT2D eigenvalue weighted by atomic mass is 32.2. The fourth-order valence-corrected chi connectivity index (χ4v) is 4.11. The Bertz CT molecular complexity index is 771. The zero-order chi connectivity index (χ0) is 22.5. The second kappa shape index (κ2) is 9.73. The Morgan fingerprint density at radius 1 is 1.03 bits per heavy atom. The molecule has 1 saturated heterocycles. The Morgan fingerprint density at radius 3 is 2.23 bits per heavy atom. The summed E-state index contributed by atoms with van der Waals surface area (Å²) >= 11 is 1.59. The molecule has 0 saturated carbocycles. The third kappa shape index (κ3) is 6.93. The summed E-state index contributed by atoms with van der Waals surface area (Å²) in [7, 11) is 1.62. The van der Waals surface area contributed by atoms with Crippen LogP contribution in [0.15, 0.2) is 24.3 Å². The van der Waals surface area contributed by atoms with Crippen LogP contribution in [0, 0.1) is 0 Å². The van der Waals surface area contributed by atoms with Crippen LogP contribution in [-0.2, 0) is 24.9 Å². The summed E-state index contributed by atoms with van der Waals surface area (Å²) < 4.78 is 9.91. The summed E-state index contributed by atoms with van der Waals surface area (Å²) in [6.45, 7) is 9.24. The smallest absolute Gasteiger partial charge is 0.306 e. The highest BCUT2D eigenvalue weighted by molar-refractivity contribution is 7.99. The van der Waals surface area contributed by atoms with Crippen molar-refractivity contribution in [1.82, 2.24) is 10.6 Å². The molecule has 1 aliphatic heterocycles. The maximum atomic E-state index is 12.7. The van der Waals surface area contributed by atoms with Gasteiger partial charge in [0.25, 0.3) is 0 Å². The van der Waals surface area contributed by atoms with Gasteiger partial charge in [0.2, 0.25) is 11.8 Å². The van der Waals surface area contributed by atoms with Crippen molar-refractivity contribution in [2.75, 3.05) is 7.11 Å². The van der Waals surface area contributed by atoms with Crippen molar-refractivity contribution >= 4 is 29.5 Å². The van der Waals surface area contributed by atoms with Gasteiger partial charge in [-0.3, -0.25) is 14.4 Å². The predicted molar refractivity (Wildman–Crippen MR) is 117 cm³/mol. The number of amides is 2. The lowest BCUT2D eigenvalue weighted by atomic mass is 9.97. The average Bonchev–Trinajstić information content (AvgIpc) is 2.65. The number of piperazine rings is 1. The third-order valence-corrected chi connectivity index (χ3v) is 6.16. The van der Waals surface area contributed by atoms with Gasteiger partial charge in [0.15, 0.2) is 0 Å². The van der Waals surface area contributed by atoms with Crippen LogP contribution in [0.2, 0.25) is 0 Å². The zero-order valence-electron chi connectivity index (χ0n) is 18.5. The number of hydrogen-bond acceptors (Lipinski definition) is 6. The van der Waals surface area contributed by atoms with Crippen molar-refractivity contribution in [1.29, 1.82) is 0 Å². The Hall–Kier alpha value is -2.22. The monoisotopic (exact) mass is 436 g/mol. The lowest BCUT2D eigenvalue weighted by Crippen LogP contribution is -2.66. The van der Waals surface area contributed by atoms with E-state index in [9.17, 15) is 14.4 Å². The first-order chi connectivity index (χ1) is 13.9. The van der Waals surface area contributed by atoms with Crippen LogP contribution in [0.4, 0.5) is 0 Å². The van der Waals surface area contributed by atoms with Crippen molar-refractivity contribution in [2.45, 2.75) is 75.6 Å². The number of ether oxygens (including phenoxy) is 2. The second-order valence-corrected chi connectivity index (χ2v) is 10.5. The van der Waals surface area contributed by atoms with Crippen molar-refractivity contribution in [3.63, 3.8) is 0 Å². The molecule has 1 aromatic carbocycles. The predicted octanol–water partition coefficient (Wildman–Crippen LogP) is 2.81. The molecule has 8 heteroatoms. The number of rotatable bonds is 8. The SMILES string of the molecule is COc1ccc(CSC(C)(C)C2NC(=O)C(CCC(=O)OC(C)(C)C)NC2=O)cc1. The van der Waals surface area contributed by atoms with E-state index >= 15 is 0 Å². The van der Waals surface area contributed by atoms with Crippen LogP contribution in [0.5, 0.6) is 5.75 Å². The molecule has 1 aromatic rings. The van der Waals surface area contributed by atoms with Crippen LogP contribution in [0.25, 0.3) is 0 Å². The van der Waals surface area contributed by atoms with E-state index in [1.807, 2.05) is 38.1 Å². The van der Waals surface area contributed by atoms with Crippen LogP contribution in [0.1, 0.15) is 53.0 Å². The van der Waals surface area contributed by atoms with Crippen LogP contribution in [-0.4, -0.2) is 47.3 Å². The van der Waals surface area contributed by atoms with E-state index in [0.29, 0.717) is 5.75 Å². The van der Waals surface area contributed by atoms with E-state index < -0.39 is 22.4 Å². The summed E-state index contributed by atoms with van der Waals surface area (Å²) in [5.74, 6) is 0.581. The lowest BCUT2D eigenvalue weighted by molar-refractivity contribution is -0.155. The number of benzene rings is 1. The molecule has 166 valence electrons. The van der Waals surface area contributed by atoms with Gasteiger partial charge in [0.05, 0.1) is 7.11 Å². The molecule has 2 rings (SSSR count). The molecule has 2 atom stereocenters. The van der Waals surface area contributed by atoms with Gasteiger partial charge >= 0.3 is 5.97 Å². The number of carbonyl (C=O) groups is 3. The molecule has 0 radical (unpaired) electrons. The van der Waals surface area contributed by atoms with Gasteiger partial charge in [0, 0.05) is 16.9 Å². The van der Waals surface area contributed by atoms with E-state index in [1.165, 1.54) is 0 Å². The number of thioether (sulfide) groups is 1. The van der Waals surface area contributed by atoms with Gasteiger partial charge in [-0.15, -0.1) is 11.8 Å². The van der Waals surface area contributed by atoms with Gasteiger partial charge in [-0.05, 0) is 58.7 Å². The number of nitrogens with one attached hydrogen (secondary N) is 2. The second-order valence-electron chi connectivity index (χ2n) is 8.87. The molecule has 2 N–H and O–H groups in total. The van der Waals surface area contributed by atoms with E-state index in [0.717, 1.165) is 11.3 Å². The molecular weight excluding hydrogens is 404 g/mol. The van der Waals surface area contributed by atoms with Crippen LogP contribution >= 0.6 is 11.8 Å². The van der Waals surface area contributed by atoms with E-state index in [-0.39, 0.29) is 30.6 Å². The molecule has 0 aliphatic carbocycles. The molecule has 7 nitrogen and oxygen atoms in total. The summed E-state index contributed by atoms with van der Waals surface area (Å²) in [4.78, 5) is 37.1. The first-order valence-electron chi connectivity index (χ1n) is 10.0. The van der Waals surface area contributed by atoms with Gasteiger partial charge < -0.3 is 20.1 Å². The molecule has 2 amide bonds. The molecule has 1 heterocycles. The van der Waals surface area contributed by atoms with Gasteiger partial charge in [-0.2, -0.15) is 0 Å². The molecule has 0 spiro atoms. The van der Waals surface area contributed by atoms with Gasteiger partial charge in [-0.25, -0.2) is 0 Å². The minimum atomic E-state index is -0.733. The molecule has 1 aliphatic rings. The maximum Gasteiger partial charge on any atom is 0.306 e. The van der Waals surface area contributed by atoms with E-state index in [2.05, 4.69) is 10.6 Å². The van der Waals surface area contributed by atoms with E-state index in [4.69, 9.17) is 9.47 Å². The lowest BCUT2D eigenvalue weighted by Gasteiger charge is -2.38. The molecule has 0 aromatic heterocycles. The summed E-state index contributed by atoms with van der Waals surface area (Å²) in [6.07, 6.45) is 0.272. The molecule has 30 heavy (non-hydrogen) atoms. The Kier molecular flexibility index (Phi) is 7.80. The zero-order valence-corrected chi connectivity index (χ0v) is 19.4. The van der Waals surface area contributed by atoms with Crippen LogP contribution < -0.4 is 15.4 Å². The van der Waals surface area contributed by atoms with Crippen molar-refractivity contribution in [3.8, 4) is 5.75 Å². The Balaban J connectivity index is 1.90. The highest BCUT2D eigenvalue weighted by Crippen LogP contribution is 2.33. The van der Waals surface area contributed by atoms with Crippen molar-refractivity contribution < 1.29 is 23.9 Å². The summed E-state index contributed by atoms with van der Waals surface area (Å²) in [5.41, 5.74) is 0.525. The number of methoxy groups -OCH3 is 1. The third-order valence-electron chi connectivity index (χ3n) is 4.70. The average molecular weight is 437 g/mol. The summed E-state index contributed by atoms with van der Waals surface area (Å²) in [5, 5.41) is 5.60. The highest BCUT2D eigenvalue weighted by Gasteiger charge is 2.42. The van der Waals surface area contributed by atoms with Gasteiger partial charge in [-0.1, -0.05) is 12.1 Å². The Labute approximate surface area is 182 Å². The standard InChI is InChI=1S/C22H32N2O5S/c1-21(2,3)29-17(25)12-11-16-19(26)24-18(20(27)23-16)22(4,5)30-13-14-7-9-15(28-6)10-8-14/h7-10,16,18H,11-13H2,1-6H3,(H,23,27)(H,24,26).